The van der Waals surface area contributed by atoms with Gasteiger partial charge in [-0.15, -0.1) is 11.3 Å². The maximum Gasteiger partial charge on any atom is 0.265 e. The van der Waals surface area contributed by atoms with Crippen LogP contribution in [0.3, 0.4) is 0 Å². The largest absolute Gasteiger partial charge is 0.355 e. The van der Waals surface area contributed by atoms with Gasteiger partial charge >= 0.3 is 0 Å². The number of hydrogen-bond acceptors (Lipinski definition) is 3. The lowest BCUT2D eigenvalue weighted by atomic mass is 10.2. The number of carbonyl (C=O) groups is 1. The summed E-state index contributed by atoms with van der Waals surface area (Å²) in [6.45, 7) is 1.99. The van der Waals surface area contributed by atoms with Crippen molar-refractivity contribution in [3.8, 4) is 0 Å². The predicted octanol–water partition coefficient (Wildman–Crippen LogP) is 5.05. The number of anilines is 3. The van der Waals surface area contributed by atoms with Crippen molar-refractivity contribution in [2.24, 2.45) is 0 Å². The van der Waals surface area contributed by atoms with Crippen LogP contribution in [0.25, 0.3) is 0 Å². The molecule has 1 amide bonds. The molecule has 1 heterocycles. The highest BCUT2D eigenvalue weighted by Gasteiger charge is 2.08. The highest BCUT2D eigenvalue weighted by atomic mass is 32.1. The molecule has 22 heavy (non-hydrogen) atoms. The first-order chi connectivity index (χ1) is 10.7. The third-order valence-electron chi connectivity index (χ3n) is 3.15. The minimum Gasteiger partial charge on any atom is -0.355 e. The van der Waals surface area contributed by atoms with Crippen LogP contribution in [0, 0.1) is 6.92 Å². The van der Waals surface area contributed by atoms with E-state index in [9.17, 15) is 4.79 Å². The lowest BCUT2D eigenvalue weighted by Gasteiger charge is -2.09. The molecule has 0 unspecified atom stereocenters. The number of hydrogen-bond donors (Lipinski definition) is 2. The second-order valence-electron chi connectivity index (χ2n) is 4.94. The summed E-state index contributed by atoms with van der Waals surface area (Å²) < 4.78 is 0. The second kappa shape index (κ2) is 6.45. The van der Waals surface area contributed by atoms with Gasteiger partial charge in [0, 0.05) is 21.9 Å². The third-order valence-corrected chi connectivity index (χ3v) is 4.15. The van der Waals surface area contributed by atoms with E-state index in [0.29, 0.717) is 0 Å². The maximum atomic E-state index is 12.2. The lowest BCUT2D eigenvalue weighted by Crippen LogP contribution is -2.10. The molecular formula is C18H16N2OS. The van der Waals surface area contributed by atoms with Gasteiger partial charge in [0.15, 0.2) is 0 Å². The Bertz CT molecular complexity index is 781. The van der Waals surface area contributed by atoms with Gasteiger partial charge in [-0.3, -0.25) is 4.79 Å². The van der Waals surface area contributed by atoms with E-state index in [0.717, 1.165) is 26.8 Å². The molecule has 0 aliphatic heterocycles. The summed E-state index contributed by atoms with van der Waals surface area (Å²) in [4.78, 5) is 14.0. The summed E-state index contributed by atoms with van der Waals surface area (Å²) in [5, 5.41) is 6.24. The lowest BCUT2D eigenvalue weighted by molar-refractivity contribution is 0.103. The second-order valence-corrected chi connectivity index (χ2v) is 6.22. The first-order valence-electron chi connectivity index (χ1n) is 7.01. The molecule has 0 radical (unpaired) electrons. The van der Waals surface area contributed by atoms with Crippen molar-refractivity contribution in [1.82, 2.24) is 0 Å². The number of para-hydroxylation sites is 1. The third kappa shape index (κ3) is 3.54. The van der Waals surface area contributed by atoms with Crippen molar-refractivity contribution in [3.05, 3.63) is 76.5 Å². The van der Waals surface area contributed by atoms with Gasteiger partial charge in [0.2, 0.25) is 0 Å². The average Bonchev–Trinajstić information content (AvgIpc) is 2.95. The number of rotatable bonds is 4. The fourth-order valence-corrected chi connectivity index (χ4v) is 2.87. The summed E-state index contributed by atoms with van der Waals surface area (Å²) in [5.74, 6) is -0.0741. The predicted molar refractivity (Wildman–Crippen MR) is 93.2 cm³/mol. The Balaban J connectivity index is 1.72. The summed E-state index contributed by atoms with van der Waals surface area (Å²) >= 11 is 1.49. The van der Waals surface area contributed by atoms with Gasteiger partial charge in [-0.05, 0) is 49.4 Å². The molecule has 0 aliphatic carbocycles. The summed E-state index contributed by atoms with van der Waals surface area (Å²) in [7, 11) is 0. The monoisotopic (exact) mass is 308 g/mol. The van der Waals surface area contributed by atoms with Crippen LogP contribution < -0.4 is 10.6 Å². The Labute approximate surface area is 133 Å². The van der Waals surface area contributed by atoms with E-state index in [-0.39, 0.29) is 5.91 Å². The van der Waals surface area contributed by atoms with E-state index < -0.39 is 0 Å². The molecule has 2 N–H and O–H groups in total. The van der Waals surface area contributed by atoms with Gasteiger partial charge in [-0.25, -0.2) is 0 Å². The molecule has 0 fully saturated rings. The Morgan fingerprint density at radius 1 is 0.864 bits per heavy atom. The van der Waals surface area contributed by atoms with Gasteiger partial charge in [0.1, 0.15) is 0 Å². The van der Waals surface area contributed by atoms with E-state index in [1.54, 1.807) is 0 Å². The van der Waals surface area contributed by atoms with Crippen LogP contribution in [0.1, 0.15) is 14.5 Å². The van der Waals surface area contributed by atoms with E-state index in [2.05, 4.69) is 10.6 Å². The van der Waals surface area contributed by atoms with E-state index in [4.69, 9.17) is 0 Å². The fourth-order valence-electron chi connectivity index (χ4n) is 2.11. The van der Waals surface area contributed by atoms with Crippen LogP contribution in [0.4, 0.5) is 17.1 Å². The van der Waals surface area contributed by atoms with Crippen molar-refractivity contribution in [2.75, 3.05) is 10.6 Å². The zero-order valence-corrected chi connectivity index (χ0v) is 13.0. The van der Waals surface area contributed by atoms with Gasteiger partial charge in [-0.1, -0.05) is 24.3 Å². The van der Waals surface area contributed by atoms with Crippen LogP contribution in [0.15, 0.2) is 66.7 Å². The Morgan fingerprint density at radius 2 is 1.59 bits per heavy atom. The van der Waals surface area contributed by atoms with Gasteiger partial charge in [-0.2, -0.15) is 0 Å². The summed E-state index contributed by atoms with van der Waals surface area (Å²) in [6.07, 6.45) is 0. The number of carbonyl (C=O) groups excluding carboxylic acids is 1. The zero-order chi connectivity index (χ0) is 15.4. The molecule has 0 saturated carbocycles. The molecule has 0 bridgehead atoms. The first kappa shape index (κ1) is 14.4. The molecule has 1 aromatic heterocycles. The average molecular weight is 308 g/mol. The molecule has 3 nitrogen and oxygen atoms in total. The molecule has 110 valence electrons. The number of aryl methyl sites for hydroxylation is 1. The number of nitrogens with one attached hydrogen (secondary N) is 2. The van der Waals surface area contributed by atoms with E-state index >= 15 is 0 Å². The molecule has 3 aromatic rings. The zero-order valence-electron chi connectivity index (χ0n) is 12.2. The van der Waals surface area contributed by atoms with Crippen LogP contribution in [-0.2, 0) is 0 Å². The topological polar surface area (TPSA) is 41.1 Å². The van der Waals surface area contributed by atoms with E-state index in [1.165, 1.54) is 11.3 Å². The summed E-state index contributed by atoms with van der Waals surface area (Å²) in [6, 6.07) is 21.4. The molecule has 2 aromatic carbocycles. The molecule has 3 rings (SSSR count). The van der Waals surface area contributed by atoms with Crippen LogP contribution in [-0.4, -0.2) is 5.91 Å². The van der Waals surface area contributed by atoms with Gasteiger partial charge in [0.25, 0.3) is 5.91 Å². The van der Waals surface area contributed by atoms with E-state index in [1.807, 2.05) is 73.7 Å². The molecular weight excluding hydrogens is 292 g/mol. The Hall–Kier alpha value is -2.59. The number of benzene rings is 2. The van der Waals surface area contributed by atoms with Gasteiger partial charge < -0.3 is 10.6 Å². The first-order valence-corrected chi connectivity index (χ1v) is 7.82. The highest BCUT2D eigenvalue weighted by molar-refractivity contribution is 7.14. The van der Waals surface area contributed by atoms with Crippen molar-refractivity contribution in [2.45, 2.75) is 6.92 Å². The maximum absolute atomic E-state index is 12.2. The smallest absolute Gasteiger partial charge is 0.265 e. The molecule has 0 saturated heterocycles. The van der Waals surface area contributed by atoms with Crippen LogP contribution in [0.2, 0.25) is 0 Å². The molecule has 0 aliphatic rings. The van der Waals surface area contributed by atoms with Crippen LogP contribution in [0.5, 0.6) is 0 Å². The minimum absolute atomic E-state index is 0.0741. The standard InChI is InChI=1S/C18H16N2OS/c1-13-10-11-17(22-13)18(21)20-16-9-5-8-15(12-16)19-14-6-3-2-4-7-14/h2-12,19H,1H3,(H,20,21). The van der Waals surface area contributed by atoms with Crippen molar-refractivity contribution >= 4 is 34.3 Å². The molecule has 4 heteroatoms. The van der Waals surface area contributed by atoms with Gasteiger partial charge in [0.05, 0.1) is 4.88 Å². The SMILES string of the molecule is Cc1ccc(C(=O)Nc2cccc(Nc3ccccc3)c2)s1. The quantitative estimate of drug-likeness (QED) is 0.708. The van der Waals surface area contributed by atoms with Crippen molar-refractivity contribution < 1.29 is 4.79 Å². The minimum atomic E-state index is -0.0741. The summed E-state index contributed by atoms with van der Waals surface area (Å²) in [5.41, 5.74) is 2.73. The fraction of sp³-hybridized carbons (Fsp3) is 0.0556. The van der Waals surface area contributed by atoms with Crippen molar-refractivity contribution in [3.63, 3.8) is 0 Å². The van der Waals surface area contributed by atoms with Crippen molar-refractivity contribution in [1.29, 1.82) is 0 Å². The Kier molecular flexibility index (Phi) is 4.21. The van der Waals surface area contributed by atoms with Crippen LogP contribution >= 0.6 is 11.3 Å². The number of thiophene rings is 1. The molecule has 0 atom stereocenters. The Morgan fingerprint density at radius 3 is 2.32 bits per heavy atom. The molecule has 0 spiro atoms. The highest BCUT2D eigenvalue weighted by Crippen LogP contribution is 2.21. The number of amides is 1. The normalized spacial score (nSPS) is 10.2.